The molecule has 1 aliphatic heterocycles. The molecule has 8 heteroatoms. The first-order chi connectivity index (χ1) is 16.9. The zero-order valence-corrected chi connectivity index (χ0v) is 21.1. The highest BCUT2D eigenvalue weighted by molar-refractivity contribution is 6.27. The number of nitrogens with two attached hydrogens (primary N) is 1. The Bertz CT molecular complexity index is 1420. The Morgan fingerprint density at radius 1 is 0.889 bits per heavy atom. The van der Waals surface area contributed by atoms with E-state index >= 15 is 0 Å². The summed E-state index contributed by atoms with van der Waals surface area (Å²) in [5.74, 6) is -1.60. The van der Waals surface area contributed by atoms with Gasteiger partial charge in [-0.1, -0.05) is 26.0 Å². The Balaban J connectivity index is 1.66. The first kappa shape index (κ1) is 25.2. The topological polar surface area (TPSA) is 127 Å². The van der Waals surface area contributed by atoms with Gasteiger partial charge in [-0.05, 0) is 39.0 Å². The third-order valence-electron chi connectivity index (χ3n) is 7.08. The van der Waals surface area contributed by atoms with Crippen LogP contribution in [-0.4, -0.2) is 47.3 Å². The van der Waals surface area contributed by atoms with E-state index in [1.165, 1.54) is 0 Å². The summed E-state index contributed by atoms with van der Waals surface area (Å²) >= 11 is 0. The van der Waals surface area contributed by atoms with E-state index in [9.17, 15) is 24.0 Å². The number of ketones is 2. The van der Waals surface area contributed by atoms with Crippen molar-refractivity contribution in [3.63, 3.8) is 0 Å². The third-order valence-corrected chi connectivity index (χ3v) is 7.08. The van der Waals surface area contributed by atoms with Gasteiger partial charge in [0, 0.05) is 74.8 Å². The Hall–Kier alpha value is -3.91. The molecule has 0 saturated heterocycles. The van der Waals surface area contributed by atoms with Crippen LogP contribution in [0.2, 0.25) is 0 Å². The summed E-state index contributed by atoms with van der Waals surface area (Å²) in [4.78, 5) is 65.8. The fraction of sp³-hybridized carbons (Fsp3) is 0.321. The number of carbonyl (C=O) groups is 5. The lowest BCUT2D eigenvalue weighted by molar-refractivity contribution is -0.119. The Kier molecular flexibility index (Phi) is 6.26. The Morgan fingerprint density at radius 3 is 2.14 bits per heavy atom. The summed E-state index contributed by atoms with van der Waals surface area (Å²) in [7, 11) is 0. The molecular weight excluding hydrogens is 458 g/mol. The van der Waals surface area contributed by atoms with Crippen molar-refractivity contribution in [1.82, 2.24) is 4.90 Å². The van der Waals surface area contributed by atoms with Gasteiger partial charge in [0.15, 0.2) is 11.6 Å². The molecule has 4 rings (SSSR count). The molecular formula is C28H29N3O5. The molecule has 0 saturated carbocycles. The number of anilines is 1. The number of hydrogen-bond acceptors (Lipinski definition) is 6. The molecule has 3 amide bonds. The van der Waals surface area contributed by atoms with Crippen molar-refractivity contribution >= 4 is 45.7 Å². The van der Waals surface area contributed by atoms with Crippen molar-refractivity contribution in [3.05, 3.63) is 63.8 Å². The number of nitrogens with one attached hydrogen (secondary N) is 1. The van der Waals surface area contributed by atoms with E-state index in [0.717, 1.165) is 4.90 Å². The highest BCUT2D eigenvalue weighted by atomic mass is 16.2. The first-order valence-corrected chi connectivity index (χ1v) is 11.8. The maximum absolute atomic E-state index is 13.2. The highest BCUT2D eigenvalue weighted by Gasteiger charge is 2.38. The number of amides is 3. The number of carbonyl (C=O) groups excluding carboxylic acids is 5. The van der Waals surface area contributed by atoms with Gasteiger partial charge in [-0.2, -0.15) is 0 Å². The van der Waals surface area contributed by atoms with Gasteiger partial charge >= 0.3 is 0 Å². The van der Waals surface area contributed by atoms with E-state index in [1.807, 2.05) is 0 Å². The SMILES string of the molecule is CC1=C(C)C(=O)C(C(C)(C)CC(=O)Nc2ccc3c4c(cccc24)C(=O)N(CCN)C3=O)=C(C)C1=O. The van der Waals surface area contributed by atoms with Gasteiger partial charge in [0.25, 0.3) is 11.8 Å². The van der Waals surface area contributed by atoms with Gasteiger partial charge in [0.1, 0.15) is 0 Å². The molecule has 0 aromatic heterocycles. The number of benzene rings is 2. The quantitative estimate of drug-likeness (QED) is 0.474. The number of hydrogen-bond donors (Lipinski definition) is 2. The van der Waals surface area contributed by atoms with Gasteiger partial charge in [-0.3, -0.25) is 28.9 Å². The molecule has 3 N–H and O–H groups in total. The van der Waals surface area contributed by atoms with Crippen molar-refractivity contribution in [2.24, 2.45) is 11.1 Å². The summed E-state index contributed by atoms with van der Waals surface area (Å²) in [5, 5.41) is 3.94. The maximum atomic E-state index is 13.2. The second-order valence-corrected chi connectivity index (χ2v) is 9.96. The fourth-order valence-electron chi connectivity index (χ4n) is 5.18. The molecule has 0 fully saturated rings. The Labute approximate surface area is 209 Å². The molecule has 2 aromatic carbocycles. The minimum absolute atomic E-state index is 0.0455. The molecule has 2 aliphatic rings. The third kappa shape index (κ3) is 3.87. The second-order valence-electron chi connectivity index (χ2n) is 9.96. The van der Waals surface area contributed by atoms with Gasteiger partial charge in [-0.25, -0.2) is 0 Å². The minimum Gasteiger partial charge on any atom is -0.329 e. The van der Waals surface area contributed by atoms with Crippen LogP contribution in [0.15, 0.2) is 52.6 Å². The first-order valence-electron chi connectivity index (χ1n) is 11.8. The fourth-order valence-corrected chi connectivity index (χ4v) is 5.18. The molecule has 0 unspecified atom stereocenters. The molecule has 0 radical (unpaired) electrons. The molecule has 8 nitrogen and oxygen atoms in total. The summed E-state index contributed by atoms with van der Waals surface area (Å²) in [6.07, 6.45) is -0.0455. The van der Waals surface area contributed by atoms with Crippen molar-refractivity contribution in [2.45, 2.75) is 41.0 Å². The lowest BCUT2D eigenvalue weighted by Gasteiger charge is -2.31. The van der Waals surface area contributed by atoms with Gasteiger partial charge in [0.05, 0.1) is 0 Å². The normalized spacial score (nSPS) is 16.4. The molecule has 1 heterocycles. The standard InChI is InChI=1S/C28H29N3O5/c1-14-15(2)25(34)23(16(3)24(14)33)28(4,5)13-21(32)30-20-10-9-19-22-17(20)7-6-8-18(22)26(35)31(12-11-29)27(19)36/h6-10H,11-13,29H2,1-5H3,(H,30,32). The largest absolute Gasteiger partial charge is 0.329 e. The van der Waals surface area contributed by atoms with Crippen molar-refractivity contribution in [3.8, 4) is 0 Å². The van der Waals surface area contributed by atoms with Crippen molar-refractivity contribution in [1.29, 1.82) is 0 Å². The number of allylic oxidation sites excluding steroid dienone is 4. The zero-order valence-electron chi connectivity index (χ0n) is 21.1. The molecule has 36 heavy (non-hydrogen) atoms. The average molecular weight is 488 g/mol. The van der Waals surface area contributed by atoms with E-state index in [0.29, 0.717) is 49.9 Å². The van der Waals surface area contributed by atoms with Crippen molar-refractivity contribution < 1.29 is 24.0 Å². The van der Waals surface area contributed by atoms with Crippen LogP contribution in [0.1, 0.15) is 61.8 Å². The second kappa shape index (κ2) is 8.95. The van der Waals surface area contributed by atoms with Gasteiger partial charge in [-0.15, -0.1) is 0 Å². The number of rotatable bonds is 6. The van der Waals surface area contributed by atoms with E-state index in [2.05, 4.69) is 5.32 Å². The van der Waals surface area contributed by atoms with Crippen LogP contribution in [0.4, 0.5) is 5.69 Å². The molecule has 0 atom stereocenters. The van der Waals surface area contributed by atoms with E-state index in [1.54, 1.807) is 65.0 Å². The number of imide groups is 1. The summed E-state index contributed by atoms with van der Waals surface area (Å²) in [6, 6.07) is 8.33. The molecule has 186 valence electrons. The van der Waals surface area contributed by atoms with E-state index < -0.39 is 17.2 Å². The van der Waals surface area contributed by atoms with Crippen LogP contribution in [0.5, 0.6) is 0 Å². The minimum atomic E-state index is -0.899. The van der Waals surface area contributed by atoms with Crippen LogP contribution in [0, 0.1) is 5.41 Å². The number of nitrogens with zero attached hydrogens (tertiary/aromatic N) is 1. The van der Waals surface area contributed by atoms with Gasteiger partial charge < -0.3 is 11.1 Å². The molecule has 0 bridgehead atoms. The van der Waals surface area contributed by atoms with E-state index in [-0.39, 0.29) is 37.0 Å². The molecule has 0 spiro atoms. The van der Waals surface area contributed by atoms with Gasteiger partial charge in [0.2, 0.25) is 5.91 Å². The maximum Gasteiger partial charge on any atom is 0.261 e. The predicted molar refractivity (Wildman–Crippen MR) is 136 cm³/mol. The van der Waals surface area contributed by atoms with Crippen LogP contribution in [0.25, 0.3) is 10.8 Å². The monoisotopic (exact) mass is 487 g/mol. The summed E-state index contributed by atoms with van der Waals surface area (Å²) in [6.45, 7) is 8.71. The van der Waals surface area contributed by atoms with Crippen LogP contribution in [0.3, 0.4) is 0 Å². The smallest absolute Gasteiger partial charge is 0.261 e. The Morgan fingerprint density at radius 2 is 1.50 bits per heavy atom. The van der Waals surface area contributed by atoms with Crippen LogP contribution < -0.4 is 11.1 Å². The molecule has 1 aliphatic carbocycles. The summed E-state index contributed by atoms with van der Waals surface area (Å²) < 4.78 is 0. The lowest BCUT2D eigenvalue weighted by atomic mass is 9.71. The summed E-state index contributed by atoms with van der Waals surface area (Å²) in [5.41, 5.74) is 7.42. The van der Waals surface area contributed by atoms with Crippen molar-refractivity contribution in [2.75, 3.05) is 18.4 Å². The average Bonchev–Trinajstić information content (AvgIpc) is 2.82. The van der Waals surface area contributed by atoms with Crippen LogP contribution >= 0.6 is 0 Å². The zero-order chi connectivity index (χ0) is 26.5. The lowest BCUT2D eigenvalue weighted by Crippen LogP contribution is -2.43. The number of Topliss-reactive ketones (excluding diaryl/α,β-unsaturated/α-hetero) is 2. The van der Waals surface area contributed by atoms with E-state index in [4.69, 9.17) is 5.73 Å². The highest BCUT2D eigenvalue weighted by Crippen LogP contribution is 2.40. The van der Waals surface area contributed by atoms with Crippen LogP contribution in [-0.2, 0) is 14.4 Å². The predicted octanol–water partition coefficient (Wildman–Crippen LogP) is 3.55. The molecule has 2 aromatic rings.